The number of aliphatic hydroxyl groups is 1. The Morgan fingerprint density at radius 3 is 2.86 bits per heavy atom. The smallest absolute Gasteiger partial charge is 0.358 e. The van der Waals surface area contributed by atoms with E-state index in [-0.39, 0.29) is 12.3 Å². The third kappa shape index (κ3) is 2.54. The van der Waals surface area contributed by atoms with Crippen molar-refractivity contribution in [3.05, 3.63) is 23.5 Å². The van der Waals surface area contributed by atoms with E-state index in [4.69, 9.17) is 5.11 Å². The minimum absolute atomic E-state index is 0.127. The van der Waals surface area contributed by atoms with Crippen LogP contribution in [-0.4, -0.2) is 35.0 Å². The number of rotatable bonds is 1. The first kappa shape index (κ1) is 10.2. The molecule has 0 aliphatic rings. The van der Waals surface area contributed by atoms with E-state index < -0.39 is 5.97 Å². The number of carbonyl (C=O) groups is 1. The van der Waals surface area contributed by atoms with Gasteiger partial charge < -0.3 is 9.84 Å². The molecule has 72 valence electrons. The standard InChI is InChI=1S/C9H8N2O3/c1-14-9(13)8-5-4-7(10-11-8)3-2-6-12/h4-5,12H,6H2,1H3. The summed E-state index contributed by atoms with van der Waals surface area (Å²) in [5.74, 6) is 4.42. The number of esters is 1. The summed E-state index contributed by atoms with van der Waals surface area (Å²) in [7, 11) is 1.27. The highest BCUT2D eigenvalue weighted by molar-refractivity contribution is 5.86. The van der Waals surface area contributed by atoms with Crippen LogP contribution >= 0.6 is 0 Å². The fourth-order valence-corrected chi connectivity index (χ4v) is 0.742. The lowest BCUT2D eigenvalue weighted by Gasteiger charge is -1.95. The van der Waals surface area contributed by atoms with Crippen molar-refractivity contribution < 1.29 is 14.6 Å². The molecule has 0 aromatic carbocycles. The number of nitrogens with zero attached hydrogens (tertiary/aromatic N) is 2. The van der Waals surface area contributed by atoms with Crippen LogP contribution in [0.25, 0.3) is 0 Å². The molecule has 0 saturated heterocycles. The van der Waals surface area contributed by atoms with Crippen LogP contribution in [0.15, 0.2) is 12.1 Å². The number of methoxy groups -OCH3 is 1. The molecule has 0 spiro atoms. The molecule has 1 aromatic heterocycles. The average Bonchev–Trinajstić information content (AvgIpc) is 2.26. The number of hydrogen-bond donors (Lipinski definition) is 1. The second kappa shape index (κ2) is 4.94. The van der Waals surface area contributed by atoms with Gasteiger partial charge in [0.05, 0.1) is 7.11 Å². The second-order valence-corrected chi connectivity index (χ2v) is 2.26. The van der Waals surface area contributed by atoms with Crippen LogP contribution in [0.5, 0.6) is 0 Å². The van der Waals surface area contributed by atoms with Crippen molar-refractivity contribution in [2.24, 2.45) is 0 Å². The van der Waals surface area contributed by atoms with Gasteiger partial charge in [-0.25, -0.2) is 4.79 Å². The van der Waals surface area contributed by atoms with Crippen LogP contribution in [0.4, 0.5) is 0 Å². The minimum Gasteiger partial charge on any atom is -0.464 e. The lowest BCUT2D eigenvalue weighted by atomic mass is 10.3. The van der Waals surface area contributed by atoms with Gasteiger partial charge in [0.25, 0.3) is 0 Å². The second-order valence-electron chi connectivity index (χ2n) is 2.26. The summed E-state index contributed by atoms with van der Waals surface area (Å²) in [5.41, 5.74) is 0.522. The third-order valence-corrected chi connectivity index (χ3v) is 1.35. The topological polar surface area (TPSA) is 72.3 Å². The Kier molecular flexibility index (Phi) is 3.58. The van der Waals surface area contributed by atoms with Gasteiger partial charge >= 0.3 is 5.97 Å². The monoisotopic (exact) mass is 192 g/mol. The van der Waals surface area contributed by atoms with Crippen molar-refractivity contribution in [2.75, 3.05) is 13.7 Å². The Labute approximate surface area is 80.7 Å². The van der Waals surface area contributed by atoms with Gasteiger partial charge in [-0.05, 0) is 18.1 Å². The number of aromatic nitrogens is 2. The highest BCUT2D eigenvalue weighted by atomic mass is 16.5. The van der Waals surface area contributed by atoms with E-state index in [9.17, 15) is 4.79 Å². The van der Waals surface area contributed by atoms with Crippen LogP contribution in [0.3, 0.4) is 0 Å². The van der Waals surface area contributed by atoms with Crippen LogP contribution < -0.4 is 0 Å². The predicted octanol–water partition coefficient (Wildman–Crippen LogP) is -0.393. The van der Waals surface area contributed by atoms with Crippen molar-refractivity contribution >= 4 is 5.97 Å². The average molecular weight is 192 g/mol. The first-order chi connectivity index (χ1) is 6.77. The number of ether oxygens (including phenoxy) is 1. The number of hydrogen-bond acceptors (Lipinski definition) is 5. The first-order valence-electron chi connectivity index (χ1n) is 3.79. The van der Waals surface area contributed by atoms with E-state index in [1.54, 1.807) is 0 Å². The molecule has 0 bridgehead atoms. The Morgan fingerprint density at radius 2 is 2.36 bits per heavy atom. The third-order valence-electron chi connectivity index (χ3n) is 1.35. The molecule has 0 unspecified atom stereocenters. The largest absolute Gasteiger partial charge is 0.464 e. The number of carbonyl (C=O) groups excluding carboxylic acids is 1. The van der Waals surface area contributed by atoms with Gasteiger partial charge in [0.1, 0.15) is 12.3 Å². The number of aliphatic hydroxyl groups excluding tert-OH is 1. The van der Waals surface area contributed by atoms with Crippen LogP contribution in [0, 0.1) is 11.8 Å². The summed E-state index contributed by atoms with van der Waals surface area (Å²) in [6.07, 6.45) is 0. The summed E-state index contributed by atoms with van der Waals surface area (Å²) in [6.45, 7) is -0.236. The fraction of sp³-hybridized carbons (Fsp3) is 0.222. The molecular weight excluding hydrogens is 184 g/mol. The van der Waals surface area contributed by atoms with E-state index in [1.807, 2.05) is 0 Å². The SMILES string of the molecule is COC(=O)c1ccc(C#CCO)nn1. The zero-order chi connectivity index (χ0) is 10.4. The molecule has 1 heterocycles. The maximum atomic E-state index is 10.9. The minimum atomic E-state index is -0.542. The van der Waals surface area contributed by atoms with Crippen LogP contribution in [0.2, 0.25) is 0 Å². The maximum absolute atomic E-state index is 10.9. The van der Waals surface area contributed by atoms with Gasteiger partial charge in [-0.15, -0.1) is 10.2 Å². The Bertz CT molecular complexity index is 375. The Hall–Kier alpha value is -1.93. The van der Waals surface area contributed by atoms with Crippen molar-refractivity contribution in [2.45, 2.75) is 0 Å². The van der Waals surface area contributed by atoms with Crippen molar-refractivity contribution in [3.63, 3.8) is 0 Å². The van der Waals surface area contributed by atoms with Gasteiger partial charge in [0.2, 0.25) is 0 Å². The van der Waals surface area contributed by atoms with Gasteiger partial charge in [-0.2, -0.15) is 0 Å². The summed E-state index contributed by atoms with van der Waals surface area (Å²) < 4.78 is 4.44. The molecule has 14 heavy (non-hydrogen) atoms. The summed E-state index contributed by atoms with van der Waals surface area (Å²) in [4.78, 5) is 10.9. The van der Waals surface area contributed by atoms with Gasteiger partial charge in [0, 0.05) is 0 Å². The first-order valence-corrected chi connectivity index (χ1v) is 3.79. The highest BCUT2D eigenvalue weighted by Crippen LogP contribution is 1.96. The van der Waals surface area contributed by atoms with E-state index in [0.717, 1.165) is 0 Å². The van der Waals surface area contributed by atoms with Gasteiger partial charge in [-0.1, -0.05) is 5.92 Å². The van der Waals surface area contributed by atoms with E-state index in [1.165, 1.54) is 19.2 Å². The predicted molar refractivity (Wildman–Crippen MR) is 47.3 cm³/mol. The molecule has 0 fully saturated rings. The van der Waals surface area contributed by atoms with Crippen LogP contribution in [0.1, 0.15) is 16.2 Å². The Morgan fingerprint density at radius 1 is 1.57 bits per heavy atom. The lowest BCUT2D eigenvalue weighted by molar-refractivity contribution is 0.0592. The highest BCUT2D eigenvalue weighted by Gasteiger charge is 2.06. The molecular formula is C9H8N2O3. The normalized spacial score (nSPS) is 8.71. The summed E-state index contributed by atoms with van der Waals surface area (Å²) >= 11 is 0. The molecule has 1 N–H and O–H groups in total. The molecule has 0 saturated carbocycles. The van der Waals surface area contributed by atoms with E-state index in [2.05, 4.69) is 26.8 Å². The Balaban J connectivity index is 2.83. The van der Waals surface area contributed by atoms with Crippen molar-refractivity contribution in [3.8, 4) is 11.8 Å². The molecule has 5 heteroatoms. The van der Waals surface area contributed by atoms with Crippen molar-refractivity contribution in [1.82, 2.24) is 10.2 Å². The molecule has 0 aliphatic heterocycles. The van der Waals surface area contributed by atoms with Crippen LogP contribution in [-0.2, 0) is 4.74 Å². The van der Waals surface area contributed by atoms with E-state index in [0.29, 0.717) is 5.69 Å². The maximum Gasteiger partial charge on any atom is 0.358 e. The van der Waals surface area contributed by atoms with E-state index >= 15 is 0 Å². The molecule has 0 aliphatic carbocycles. The quantitative estimate of drug-likeness (QED) is 0.484. The molecule has 1 aromatic rings. The molecule has 0 atom stereocenters. The molecule has 1 rings (SSSR count). The fourth-order valence-electron chi connectivity index (χ4n) is 0.742. The van der Waals surface area contributed by atoms with Gasteiger partial charge in [-0.3, -0.25) is 0 Å². The molecule has 0 radical (unpaired) electrons. The zero-order valence-electron chi connectivity index (χ0n) is 7.52. The zero-order valence-corrected chi connectivity index (χ0v) is 7.52. The lowest BCUT2D eigenvalue weighted by Crippen LogP contribution is -2.05. The molecule has 5 nitrogen and oxygen atoms in total. The summed E-state index contributed by atoms with van der Waals surface area (Å²) in [6, 6.07) is 2.99. The van der Waals surface area contributed by atoms with Crippen molar-refractivity contribution in [1.29, 1.82) is 0 Å². The molecule has 0 amide bonds. The van der Waals surface area contributed by atoms with Gasteiger partial charge in [0.15, 0.2) is 5.69 Å². The summed E-state index contributed by atoms with van der Waals surface area (Å²) in [5, 5.41) is 15.7.